The van der Waals surface area contributed by atoms with Crippen LogP contribution < -0.4 is 15.4 Å². The maximum atomic E-state index is 12.4. The highest BCUT2D eigenvalue weighted by molar-refractivity contribution is 8.04. The van der Waals surface area contributed by atoms with Gasteiger partial charge in [-0.05, 0) is 36.5 Å². The Morgan fingerprint density at radius 2 is 1.55 bits per heavy atom. The van der Waals surface area contributed by atoms with Crippen LogP contribution in [0.5, 0.6) is 5.75 Å². The highest BCUT2D eigenvalue weighted by atomic mass is 32.2. The molecule has 2 aromatic heterocycles. The lowest BCUT2D eigenvalue weighted by molar-refractivity contribution is -0.274. The number of amides is 2. The molecule has 1 aromatic carbocycles. The van der Waals surface area contributed by atoms with Gasteiger partial charge in [0.2, 0.25) is 22.1 Å². The number of halogens is 3. The van der Waals surface area contributed by atoms with Gasteiger partial charge >= 0.3 is 6.36 Å². The first-order valence-corrected chi connectivity index (χ1v) is 15.2. The quantitative estimate of drug-likeness (QED) is 0.149. The Labute approximate surface area is 232 Å². The molecule has 1 aliphatic carbocycles. The first kappa shape index (κ1) is 28.6. The molecular formula is C22H23F3N6O3S4. The molecule has 0 spiro atoms. The summed E-state index contributed by atoms with van der Waals surface area (Å²) >= 11 is 5.54. The first-order valence-electron chi connectivity index (χ1n) is 11.6. The first-order chi connectivity index (χ1) is 18.2. The fourth-order valence-electron chi connectivity index (χ4n) is 3.74. The zero-order valence-corrected chi connectivity index (χ0v) is 23.1. The maximum Gasteiger partial charge on any atom is 0.573 e. The van der Waals surface area contributed by atoms with E-state index in [1.165, 1.54) is 77.2 Å². The molecule has 2 N–H and O–H groups in total. The molecule has 9 nitrogen and oxygen atoms in total. The van der Waals surface area contributed by atoms with Crippen molar-refractivity contribution in [3.63, 3.8) is 0 Å². The molecule has 0 bridgehead atoms. The fourth-order valence-corrected chi connectivity index (χ4v) is 7.39. The number of hydrogen-bond donors (Lipinski definition) is 2. The van der Waals surface area contributed by atoms with E-state index in [9.17, 15) is 22.8 Å². The molecule has 16 heteroatoms. The third-order valence-corrected chi connectivity index (χ3v) is 9.49. The second-order valence-electron chi connectivity index (χ2n) is 8.27. The molecule has 204 valence electrons. The van der Waals surface area contributed by atoms with Crippen LogP contribution in [-0.2, 0) is 16.0 Å². The molecule has 0 radical (unpaired) electrons. The number of nitrogens with zero attached hydrogens (tertiary/aromatic N) is 4. The molecule has 1 saturated carbocycles. The number of ether oxygens (including phenoxy) is 1. The van der Waals surface area contributed by atoms with Gasteiger partial charge in [0.05, 0.1) is 6.42 Å². The molecule has 2 heterocycles. The summed E-state index contributed by atoms with van der Waals surface area (Å²) in [6.45, 7) is 0. The number of benzene rings is 1. The van der Waals surface area contributed by atoms with E-state index in [2.05, 4.69) is 35.8 Å². The molecule has 2 amide bonds. The average Bonchev–Trinajstić information content (AvgIpc) is 3.59. The smallest absolute Gasteiger partial charge is 0.406 e. The molecule has 0 atom stereocenters. The van der Waals surface area contributed by atoms with Crippen molar-refractivity contribution < 1.29 is 27.5 Å². The molecule has 1 aliphatic rings. The van der Waals surface area contributed by atoms with Crippen molar-refractivity contribution in [1.29, 1.82) is 0 Å². The van der Waals surface area contributed by atoms with Crippen molar-refractivity contribution in [3.05, 3.63) is 29.8 Å². The summed E-state index contributed by atoms with van der Waals surface area (Å²) in [7, 11) is 0. The Balaban J connectivity index is 1.15. The molecule has 3 aromatic rings. The molecule has 4 rings (SSSR count). The number of hydrogen-bond acceptors (Lipinski definition) is 11. The lowest BCUT2D eigenvalue weighted by Crippen LogP contribution is -2.17. The molecular weight excluding hydrogens is 582 g/mol. The van der Waals surface area contributed by atoms with E-state index in [1.807, 2.05) is 0 Å². The van der Waals surface area contributed by atoms with Gasteiger partial charge in [0.15, 0.2) is 8.68 Å². The minimum Gasteiger partial charge on any atom is -0.406 e. The van der Waals surface area contributed by atoms with Crippen LogP contribution in [0.2, 0.25) is 0 Å². The minimum atomic E-state index is -4.80. The van der Waals surface area contributed by atoms with Crippen molar-refractivity contribution in [2.75, 3.05) is 22.1 Å². The minimum absolute atomic E-state index is 0.0108. The Kier molecular flexibility index (Phi) is 10.2. The molecule has 38 heavy (non-hydrogen) atoms. The van der Waals surface area contributed by atoms with Crippen LogP contribution in [0.4, 0.5) is 23.4 Å². The van der Waals surface area contributed by atoms with E-state index in [1.54, 1.807) is 0 Å². The monoisotopic (exact) mass is 604 g/mol. The molecule has 1 fully saturated rings. The molecule has 0 aliphatic heterocycles. The normalized spacial score (nSPS) is 14.0. The van der Waals surface area contributed by atoms with Crippen LogP contribution in [0.25, 0.3) is 0 Å². The predicted molar refractivity (Wildman–Crippen MR) is 142 cm³/mol. The summed E-state index contributed by atoms with van der Waals surface area (Å²) < 4.78 is 42.5. The number of carbonyl (C=O) groups is 2. The van der Waals surface area contributed by atoms with Crippen LogP contribution >= 0.6 is 46.2 Å². The second kappa shape index (κ2) is 13.6. The lowest BCUT2D eigenvalue weighted by atomic mass is 10.0. The van der Waals surface area contributed by atoms with Crippen molar-refractivity contribution in [3.8, 4) is 5.75 Å². The van der Waals surface area contributed by atoms with Gasteiger partial charge in [-0.15, -0.1) is 33.6 Å². The molecule has 0 saturated heterocycles. The van der Waals surface area contributed by atoms with Crippen LogP contribution in [0.15, 0.2) is 32.9 Å². The Morgan fingerprint density at radius 1 is 0.947 bits per heavy atom. The summed E-state index contributed by atoms with van der Waals surface area (Å²) in [5.41, 5.74) is 0.369. The van der Waals surface area contributed by atoms with Gasteiger partial charge < -0.3 is 15.4 Å². The highest BCUT2D eigenvalue weighted by Gasteiger charge is 2.31. The third-order valence-electron chi connectivity index (χ3n) is 5.29. The highest BCUT2D eigenvalue weighted by Crippen LogP contribution is 2.31. The van der Waals surface area contributed by atoms with Gasteiger partial charge in [-0.3, -0.25) is 9.59 Å². The standard InChI is InChI=1S/C22H23F3N6O3S4/c23-22(24,25)34-15-7-3-6-14(10-15)12-17(33)27-19-29-31-21(38-19)36-9-8-35-20-30-28-18(37-20)26-16(32)11-13-4-1-2-5-13/h3,6-7,10,13H,1-2,4-5,8-9,11-12H2,(H,26,28,32)(H,27,29,33). The van der Waals surface area contributed by atoms with E-state index in [4.69, 9.17) is 0 Å². The van der Waals surface area contributed by atoms with Gasteiger partial charge in [-0.1, -0.05) is 71.2 Å². The molecule has 0 unspecified atom stereocenters. The second-order valence-corrected chi connectivity index (χ2v) is 12.9. The largest absolute Gasteiger partial charge is 0.573 e. The lowest BCUT2D eigenvalue weighted by Gasteiger charge is -2.09. The van der Waals surface area contributed by atoms with Gasteiger partial charge in [-0.2, -0.15) is 0 Å². The summed E-state index contributed by atoms with van der Waals surface area (Å²) in [5.74, 6) is 1.09. The average molecular weight is 605 g/mol. The topological polar surface area (TPSA) is 119 Å². The van der Waals surface area contributed by atoms with Crippen LogP contribution in [0.1, 0.15) is 37.7 Å². The summed E-state index contributed by atoms with van der Waals surface area (Å²) in [4.78, 5) is 24.4. The summed E-state index contributed by atoms with van der Waals surface area (Å²) in [6, 6.07) is 5.25. The zero-order chi connectivity index (χ0) is 27.0. The Morgan fingerprint density at radius 3 is 2.16 bits per heavy atom. The number of rotatable bonds is 12. The van der Waals surface area contributed by atoms with Gasteiger partial charge in [0.25, 0.3) is 0 Å². The number of aromatic nitrogens is 4. The van der Waals surface area contributed by atoms with E-state index < -0.39 is 12.3 Å². The van der Waals surface area contributed by atoms with E-state index in [0.29, 0.717) is 38.3 Å². The fraction of sp³-hybridized carbons (Fsp3) is 0.455. The predicted octanol–water partition coefficient (Wildman–Crippen LogP) is 5.87. The zero-order valence-electron chi connectivity index (χ0n) is 19.8. The Hall–Kier alpha value is -2.43. The van der Waals surface area contributed by atoms with Crippen LogP contribution in [-0.4, -0.2) is 50.1 Å². The third kappa shape index (κ3) is 9.71. The number of nitrogens with one attached hydrogen (secondary N) is 2. The van der Waals surface area contributed by atoms with Crippen LogP contribution in [0.3, 0.4) is 0 Å². The van der Waals surface area contributed by atoms with Crippen molar-refractivity contribution in [1.82, 2.24) is 20.4 Å². The van der Waals surface area contributed by atoms with Crippen molar-refractivity contribution >= 4 is 68.3 Å². The number of thioether (sulfide) groups is 2. The van der Waals surface area contributed by atoms with E-state index in [0.717, 1.165) is 29.0 Å². The van der Waals surface area contributed by atoms with Gasteiger partial charge in [0, 0.05) is 17.9 Å². The Bertz CT molecular complexity index is 1230. The van der Waals surface area contributed by atoms with Gasteiger partial charge in [-0.25, -0.2) is 0 Å². The van der Waals surface area contributed by atoms with Crippen molar-refractivity contribution in [2.45, 2.75) is 53.6 Å². The van der Waals surface area contributed by atoms with E-state index >= 15 is 0 Å². The maximum absolute atomic E-state index is 12.4. The number of anilines is 2. The number of carbonyl (C=O) groups excluding carboxylic acids is 2. The van der Waals surface area contributed by atoms with Gasteiger partial charge in [0.1, 0.15) is 5.75 Å². The SMILES string of the molecule is O=C(Cc1cccc(OC(F)(F)F)c1)Nc1nnc(SCCSc2nnc(NC(=O)CC3CCCC3)s2)s1. The van der Waals surface area contributed by atoms with E-state index in [-0.39, 0.29) is 18.1 Å². The summed E-state index contributed by atoms with van der Waals surface area (Å²) in [5, 5.41) is 22.4. The summed E-state index contributed by atoms with van der Waals surface area (Å²) in [6.07, 6.45) is 0.222. The van der Waals surface area contributed by atoms with Crippen LogP contribution in [0, 0.1) is 5.92 Å². The number of alkyl halides is 3. The van der Waals surface area contributed by atoms with Crippen molar-refractivity contribution in [2.24, 2.45) is 5.92 Å².